The van der Waals surface area contributed by atoms with Gasteiger partial charge >= 0.3 is 5.97 Å². The number of hydrogen-bond donors (Lipinski definition) is 1. The maximum absolute atomic E-state index is 12.3. The zero-order valence-electron chi connectivity index (χ0n) is 13.9. The first-order valence-electron chi connectivity index (χ1n) is 7.45. The van der Waals surface area contributed by atoms with Gasteiger partial charge in [0.25, 0.3) is 11.6 Å². The summed E-state index contributed by atoms with van der Waals surface area (Å²) in [6.07, 6.45) is 1.37. The van der Waals surface area contributed by atoms with Crippen LogP contribution in [0.1, 0.15) is 12.5 Å². The second-order valence-electron chi connectivity index (χ2n) is 5.21. The molecule has 9 heteroatoms. The lowest BCUT2D eigenvalue weighted by Gasteiger charge is -2.07. The van der Waals surface area contributed by atoms with Crippen LogP contribution in [0, 0.1) is 21.4 Å². The molecule has 0 fully saturated rings. The Morgan fingerprint density at radius 3 is 2.44 bits per heavy atom. The van der Waals surface area contributed by atoms with Gasteiger partial charge in [0.15, 0.2) is 0 Å². The molecule has 0 aliphatic heterocycles. The van der Waals surface area contributed by atoms with Crippen LogP contribution in [0.25, 0.3) is 6.08 Å². The minimum atomic E-state index is -0.670. The number of nitrogens with one attached hydrogen (secondary N) is 1. The fourth-order valence-electron chi connectivity index (χ4n) is 2.02. The molecular weight excluding hydrogens is 418 g/mol. The van der Waals surface area contributed by atoms with E-state index in [4.69, 9.17) is 4.74 Å². The highest BCUT2D eigenvalue weighted by atomic mass is 79.9. The molecule has 0 aromatic heterocycles. The summed E-state index contributed by atoms with van der Waals surface area (Å²) >= 11 is 3.15. The first-order chi connectivity index (χ1) is 12.8. The number of anilines is 1. The smallest absolute Gasteiger partial charge is 0.308 e. The van der Waals surface area contributed by atoms with Gasteiger partial charge in [-0.15, -0.1) is 0 Å². The summed E-state index contributed by atoms with van der Waals surface area (Å²) in [5, 5.41) is 22.5. The quantitative estimate of drug-likeness (QED) is 0.192. The summed E-state index contributed by atoms with van der Waals surface area (Å²) in [7, 11) is 0. The van der Waals surface area contributed by atoms with Gasteiger partial charge in [-0.3, -0.25) is 19.7 Å². The summed E-state index contributed by atoms with van der Waals surface area (Å²) in [5.74, 6) is -0.780. The molecular formula is C18H12BrN3O5. The topological polar surface area (TPSA) is 122 Å². The number of carbonyl (C=O) groups is 2. The van der Waals surface area contributed by atoms with E-state index >= 15 is 0 Å². The van der Waals surface area contributed by atoms with Gasteiger partial charge in [-0.2, -0.15) is 5.26 Å². The van der Waals surface area contributed by atoms with Gasteiger partial charge in [-0.25, -0.2) is 0 Å². The molecule has 0 aliphatic carbocycles. The van der Waals surface area contributed by atoms with E-state index in [2.05, 4.69) is 21.2 Å². The van der Waals surface area contributed by atoms with Crippen molar-refractivity contribution in [2.75, 3.05) is 5.32 Å². The third kappa shape index (κ3) is 5.49. The van der Waals surface area contributed by atoms with Gasteiger partial charge in [-0.1, -0.05) is 12.1 Å². The zero-order chi connectivity index (χ0) is 20.0. The number of nitrogens with zero attached hydrogens (tertiary/aromatic N) is 2. The van der Waals surface area contributed by atoms with Crippen molar-refractivity contribution in [3.8, 4) is 11.8 Å². The van der Waals surface area contributed by atoms with Crippen molar-refractivity contribution in [3.63, 3.8) is 0 Å². The van der Waals surface area contributed by atoms with Gasteiger partial charge < -0.3 is 10.1 Å². The van der Waals surface area contributed by atoms with Gasteiger partial charge in [0.1, 0.15) is 17.4 Å². The Hall–Kier alpha value is -3.51. The van der Waals surface area contributed by atoms with E-state index in [1.165, 1.54) is 43.3 Å². The molecule has 0 atom stereocenters. The lowest BCUT2D eigenvalue weighted by atomic mass is 10.1. The zero-order valence-corrected chi connectivity index (χ0v) is 15.5. The third-order valence-corrected chi connectivity index (χ3v) is 3.89. The Balaban J connectivity index is 2.18. The second-order valence-corrected chi connectivity index (χ2v) is 6.06. The van der Waals surface area contributed by atoms with Crippen molar-refractivity contribution < 1.29 is 19.2 Å². The van der Waals surface area contributed by atoms with Crippen LogP contribution in [-0.4, -0.2) is 16.8 Å². The summed E-state index contributed by atoms with van der Waals surface area (Å²) < 4.78 is 5.22. The van der Waals surface area contributed by atoms with Crippen LogP contribution in [0.4, 0.5) is 11.4 Å². The molecule has 0 radical (unpaired) electrons. The van der Waals surface area contributed by atoms with Crippen molar-refractivity contribution in [2.24, 2.45) is 0 Å². The minimum absolute atomic E-state index is 0.135. The molecule has 2 aromatic carbocycles. The SMILES string of the molecule is CC(=O)Oc1ccc(/C=C(\C#N)C(=O)Nc2ccc([N+](=O)[O-])cc2Br)cc1. The number of nitriles is 1. The number of benzene rings is 2. The lowest BCUT2D eigenvalue weighted by molar-refractivity contribution is -0.384. The first kappa shape index (κ1) is 19.8. The van der Waals surface area contributed by atoms with Gasteiger partial charge in [0.2, 0.25) is 0 Å². The number of hydrogen-bond acceptors (Lipinski definition) is 6. The molecule has 0 spiro atoms. The van der Waals surface area contributed by atoms with Crippen LogP contribution < -0.4 is 10.1 Å². The van der Waals surface area contributed by atoms with Crippen molar-refractivity contribution in [1.82, 2.24) is 0 Å². The van der Waals surface area contributed by atoms with Crippen molar-refractivity contribution in [3.05, 3.63) is 68.2 Å². The Labute approximate surface area is 162 Å². The highest BCUT2D eigenvalue weighted by Crippen LogP contribution is 2.27. The van der Waals surface area contributed by atoms with E-state index in [0.29, 0.717) is 15.8 Å². The summed E-state index contributed by atoms with van der Waals surface area (Å²) in [5.41, 5.74) is 0.543. The number of halogens is 1. The number of nitro benzene ring substituents is 1. The van der Waals surface area contributed by atoms with Crippen LogP contribution in [0.5, 0.6) is 5.75 Å². The van der Waals surface area contributed by atoms with Crippen molar-refractivity contribution >= 4 is 45.3 Å². The number of esters is 1. The largest absolute Gasteiger partial charge is 0.427 e. The molecule has 1 N–H and O–H groups in total. The number of non-ortho nitro benzene ring substituents is 1. The van der Waals surface area contributed by atoms with E-state index in [1.54, 1.807) is 18.2 Å². The summed E-state index contributed by atoms with van der Waals surface area (Å²) in [4.78, 5) is 33.4. The second kappa shape index (κ2) is 8.73. The first-order valence-corrected chi connectivity index (χ1v) is 8.25. The van der Waals surface area contributed by atoms with Crippen LogP contribution >= 0.6 is 15.9 Å². The van der Waals surface area contributed by atoms with E-state index < -0.39 is 16.8 Å². The molecule has 0 aliphatic rings. The average Bonchev–Trinajstić information content (AvgIpc) is 2.62. The Kier molecular flexibility index (Phi) is 6.41. The fourth-order valence-corrected chi connectivity index (χ4v) is 2.49. The standard InChI is InChI=1S/C18H12BrN3O5/c1-11(23)27-15-5-2-12(3-6-15)8-13(10-20)18(24)21-17-7-4-14(22(25)26)9-16(17)19/h2-9H,1H3,(H,21,24)/b13-8+. The average molecular weight is 430 g/mol. The van der Waals surface area contributed by atoms with Crippen LogP contribution in [0.3, 0.4) is 0 Å². The molecule has 0 heterocycles. The van der Waals surface area contributed by atoms with Gasteiger partial charge in [-0.05, 0) is 45.8 Å². The molecule has 27 heavy (non-hydrogen) atoms. The Bertz CT molecular complexity index is 977. The maximum Gasteiger partial charge on any atom is 0.308 e. The number of amides is 1. The molecule has 0 unspecified atom stereocenters. The molecule has 0 bridgehead atoms. The molecule has 8 nitrogen and oxygen atoms in total. The van der Waals surface area contributed by atoms with Crippen molar-refractivity contribution in [1.29, 1.82) is 5.26 Å². The summed E-state index contributed by atoms with van der Waals surface area (Å²) in [6.45, 7) is 1.28. The van der Waals surface area contributed by atoms with E-state index in [1.807, 2.05) is 0 Å². The third-order valence-electron chi connectivity index (χ3n) is 3.23. The molecule has 1 amide bonds. The van der Waals surface area contributed by atoms with Crippen LogP contribution in [-0.2, 0) is 9.59 Å². The number of ether oxygens (including phenoxy) is 1. The Morgan fingerprint density at radius 1 is 1.26 bits per heavy atom. The predicted octanol–water partition coefficient (Wildman–Crippen LogP) is 3.83. The molecule has 136 valence electrons. The molecule has 2 aromatic rings. The minimum Gasteiger partial charge on any atom is -0.427 e. The fraction of sp³-hybridized carbons (Fsp3) is 0.0556. The summed E-state index contributed by atoms with van der Waals surface area (Å²) in [6, 6.07) is 11.9. The van der Waals surface area contributed by atoms with Crippen molar-refractivity contribution in [2.45, 2.75) is 6.92 Å². The predicted molar refractivity (Wildman–Crippen MR) is 101 cm³/mol. The van der Waals surface area contributed by atoms with E-state index in [-0.39, 0.29) is 16.9 Å². The van der Waals surface area contributed by atoms with Gasteiger partial charge in [0.05, 0.1) is 10.6 Å². The molecule has 2 rings (SSSR count). The van der Waals surface area contributed by atoms with E-state index in [9.17, 15) is 25.0 Å². The molecule has 0 saturated heterocycles. The monoisotopic (exact) mass is 429 g/mol. The van der Waals surface area contributed by atoms with Crippen LogP contribution in [0.2, 0.25) is 0 Å². The molecule has 0 saturated carbocycles. The maximum atomic E-state index is 12.3. The van der Waals surface area contributed by atoms with Crippen LogP contribution in [0.15, 0.2) is 52.5 Å². The highest BCUT2D eigenvalue weighted by molar-refractivity contribution is 9.10. The highest BCUT2D eigenvalue weighted by Gasteiger charge is 2.14. The number of nitro groups is 1. The number of carbonyl (C=O) groups excluding carboxylic acids is 2. The lowest BCUT2D eigenvalue weighted by Crippen LogP contribution is -2.13. The normalized spacial score (nSPS) is 10.6. The number of rotatable bonds is 5. The van der Waals surface area contributed by atoms with E-state index in [0.717, 1.165) is 0 Å². The van der Waals surface area contributed by atoms with Gasteiger partial charge in [0, 0.05) is 23.5 Å². The Morgan fingerprint density at radius 2 is 1.93 bits per heavy atom.